The number of aliphatic hydroxyl groups is 1. The van der Waals surface area contributed by atoms with E-state index in [0.29, 0.717) is 12.6 Å². The van der Waals surface area contributed by atoms with Crippen LogP contribution in [0.2, 0.25) is 0 Å². The Labute approximate surface area is 173 Å². The van der Waals surface area contributed by atoms with Crippen molar-refractivity contribution >= 4 is 12.0 Å². The molecule has 0 spiro atoms. The Hall–Kier alpha value is -3.04. The molecule has 9 heteroatoms. The molecule has 0 aromatic heterocycles. The van der Waals surface area contributed by atoms with Gasteiger partial charge in [0, 0.05) is 19.2 Å². The Morgan fingerprint density at radius 3 is 2.27 bits per heavy atom. The van der Waals surface area contributed by atoms with Crippen molar-refractivity contribution in [3.63, 3.8) is 0 Å². The number of hydrogen-bond donors (Lipinski definition) is 5. The van der Waals surface area contributed by atoms with Crippen LogP contribution >= 0.6 is 0 Å². The van der Waals surface area contributed by atoms with Crippen molar-refractivity contribution in [3.8, 4) is 0 Å². The van der Waals surface area contributed by atoms with Crippen LogP contribution in [0.25, 0.3) is 0 Å². The van der Waals surface area contributed by atoms with Gasteiger partial charge in [0.1, 0.15) is 11.6 Å². The summed E-state index contributed by atoms with van der Waals surface area (Å²) < 4.78 is 26.8. The first-order valence-corrected chi connectivity index (χ1v) is 9.42. The Morgan fingerprint density at radius 1 is 1.03 bits per heavy atom. The van der Waals surface area contributed by atoms with Crippen LogP contribution < -0.4 is 16.0 Å². The molecule has 2 aromatic rings. The maximum absolute atomic E-state index is 13.4. The van der Waals surface area contributed by atoms with Crippen molar-refractivity contribution in [2.75, 3.05) is 6.54 Å². The van der Waals surface area contributed by atoms with Gasteiger partial charge in [0.15, 0.2) is 0 Å². The molecule has 0 aliphatic heterocycles. The van der Waals surface area contributed by atoms with Gasteiger partial charge < -0.3 is 26.2 Å². The van der Waals surface area contributed by atoms with E-state index in [1.807, 2.05) is 30.3 Å². The number of benzene rings is 2. The lowest BCUT2D eigenvalue weighted by molar-refractivity contribution is -0.123. The molecule has 2 rings (SSSR count). The second-order valence-electron chi connectivity index (χ2n) is 6.94. The van der Waals surface area contributed by atoms with Gasteiger partial charge in [-0.1, -0.05) is 30.3 Å². The zero-order chi connectivity index (χ0) is 22.1. The van der Waals surface area contributed by atoms with Gasteiger partial charge in [-0.25, -0.2) is 13.6 Å². The quantitative estimate of drug-likeness (QED) is 0.402. The molecule has 0 heterocycles. The highest BCUT2D eigenvalue weighted by atomic mass is 19.1. The topological polar surface area (TPSA) is 111 Å². The van der Waals surface area contributed by atoms with Gasteiger partial charge in [0.05, 0.1) is 18.2 Å². The minimum atomic E-state index is -1.38. The molecule has 0 bridgehead atoms. The molecule has 2 aromatic carbocycles. The van der Waals surface area contributed by atoms with E-state index >= 15 is 0 Å². The number of carboxylic acid groups (broad SMARTS) is 1. The SMILES string of the molecule is C[C@H](NC[C@H](O)[C@H](Cc1cc(F)cc(F)c1)NC(=O)O)C(=O)NCc1ccccc1. The predicted molar refractivity (Wildman–Crippen MR) is 107 cm³/mol. The van der Waals surface area contributed by atoms with Crippen LogP contribution in [0.4, 0.5) is 13.6 Å². The number of hydrogen-bond acceptors (Lipinski definition) is 4. The first-order chi connectivity index (χ1) is 14.2. The molecule has 7 nitrogen and oxygen atoms in total. The summed E-state index contributed by atoms with van der Waals surface area (Å²) in [6, 6.07) is 10.5. The minimum absolute atomic E-state index is 0.108. The van der Waals surface area contributed by atoms with E-state index in [4.69, 9.17) is 5.11 Å². The third-order valence-corrected chi connectivity index (χ3v) is 4.49. The molecular weight excluding hydrogens is 396 g/mol. The van der Waals surface area contributed by atoms with E-state index < -0.39 is 35.9 Å². The fraction of sp³-hybridized carbons (Fsp3) is 0.333. The summed E-state index contributed by atoms with van der Waals surface area (Å²) in [5.74, 6) is -1.88. The number of amides is 2. The number of halogens is 2. The first kappa shape index (κ1) is 23.2. The number of aliphatic hydroxyl groups excluding tert-OH is 1. The molecule has 3 atom stereocenters. The summed E-state index contributed by atoms with van der Waals surface area (Å²) in [4.78, 5) is 23.2. The Morgan fingerprint density at radius 2 is 1.67 bits per heavy atom. The van der Waals surface area contributed by atoms with Crippen LogP contribution in [0.15, 0.2) is 48.5 Å². The van der Waals surface area contributed by atoms with Crippen LogP contribution in [0.1, 0.15) is 18.1 Å². The van der Waals surface area contributed by atoms with Crippen molar-refractivity contribution in [3.05, 3.63) is 71.3 Å². The van der Waals surface area contributed by atoms with Crippen molar-refractivity contribution in [2.24, 2.45) is 0 Å². The average Bonchev–Trinajstić information content (AvgIpc) is 2.69. The molecule has 2 amide bonds. The first-order valence-electron chi connectivity index (χ1n) is 9.42. The highest BCUT2D eigenvalue weighted by Gasteiger charge is 2.23. The zero-order valence-electron chi connectivity index (χ0n) is 16.4. The molecule has 0 radical (unpaired) electrons. The molecule has 0 aliphatic carbocycles. The monoisotopic (exact) mass is 421 g/mol. The zero-order valence-corrected chi connectivity index (χ0v) is 16.4. The maximum atomic E-state index is 13.4. The average molecular weight is 421 g/mol. The minimum Gasteiger partial charge on any atom is -0.465 e. The number of nitrogens with one attached hydrogen (secondary N) is 3. The summed E-state index contributed by atoms with van der Waals surface area (Å²) in [5.41, 5.74) is 1.13. The molecule has 0 aliphatic rings. The van der Waals surface area contributed by atoms with E-state index in [1.165, 1.54) is 0 Å². The summed E-state index contributed by atoms with van der Waals surface area (Å²) in [6.45, 7) is 1.85. The molecule has 162 valence electrons. The van der Waals surface area contributed by atoms with E-state index in [2.05, 4.69) is 16.0 Å². The maximum Gasteiger partial charge on any atom is 0.404 e. The second-order valence-corrected chi connectivity index (χ2v) is 6.94. The molecule has 0 unspecified atom stereocenters. The van der Waals surface area contributed by atoms with Crippen molar-refractivity contribution < 1.29 is 28.6 Å². The molecule has 0 saturated carbocycles. The largest absolute Gasteiger partial charge is 0.465 e. The standard InChI is InChI=1S/C21H25F2N3O4/c1-13(20(28)25-11-14-5-3-2-4-6-14)24-12-19(27)18(26-21(29)30)9-15-7-16(22)10-17(23)8-15/h2-8,10,13,18-19,24,26-27H,9,11-12H2,1H3,(H,25,28)(H,29,30)/t13-,18-,19-/m0/s1. The summed E-state index contributed by atoms with van der Waals surface area (Å²) in [6.07, 6.45) is -2.75. The number of carbonyl (C=O) groups is 2. The second kappa shape index (κ2) is 11.2. The van der Waals surface area contributed by atoms with E-state index in [0.717, 1.165) is 17.7 Å². The third-order valence-electron chi connectivity index (χ3n) is 4.49. The van der Waals surface area contributed by atoms with Gasteiger partial charge in [-0.3, -0.25) is 4.79 Å². The van der Waals surface area contributed by atoms with E-state index in [9.17, 15) is 23.5 Å². The summed E-state index contributed by atoms with van der Waals surface area (Å²) in [5, 5.41) is 27.1. The van der Waals surface area contributed by atoms with Crippen LogP contribution in [0.3, 0.4) is 0 Å². The fourth-order valence-corrected chi connectivity index (χ4v) is 2.90. The fourth-order valence-electron chi connectivity index (χ4n) is 2.90. The van der Waals surface area contributed by atoms with Gasteiger partial charge in [-0.05, 0) is 36.6 Å². The Bertz CT molecular complexity index is 831. The van der Waals surface area contributed by atoms with Crippen LogP contribution in [-0.2, 0) is 17.8 Å². The lowest BCUT2D eigenvalue weighted by Gasteiger charge is -2.25. The van der Waals surface area contributed by atoms with Crippen LogP contribution in [0, 0.1) is 11.6 Å². The third kappa shape index (κ3) is 7.76. The Balaban J connectivity index is 1.89. The van der Waals surface area contributed by atoms with Gasteiger partial charge in [-0.15, -0.1) is 0 Å². The normalized spacial score (nSPS) is 13.9. The molecule has 0 fully saturated rings. The van der Waals surface area contributed by atoms with Gasteiger partial charge in [0.2, 0.25) is 5.91 Å². The Kier molecular flexibility index (Phi) is 8.70. The number of rotatable bonds is 10. The summed E-state index contributed by atoms with van der Waals surface area (Å²) in [7, 11) is 0. The highest BCUT2D eigenvalue weighted by Crippen LogP contribution is 2.12. The number of carbonyl (C=O) groups excluding carboxylic acids is 1. The smallest absolute Gasteiger partial charge is 0.404 e. The van der Waals surface area contributed by atoms with E-state index in [1.54, 1.807) is 6.92 Å². The molecule has 30 heavy (non-hydrogen) atoms. The summed E-state index contributed by atoms with van der Waals surface area (Å²) >= 11 is 0. The van der Waals surface area contributed by atoms with Crippen LogP contribution in [0.5, 0.6) is 0 Å². The molecular formula is C21H25F2N3O4. The van der Waals surface area contributed by atoms with Crippen molar-refractivity contribution in [1.29, 1.82) is 0 Å². The highest BCUT2D eigenvalue weighted by molar-refractivity contribution is 5.81. The lowest BCUT2D eigenvalue weighted by atomic mass is 10.0. The van der Waals surface area contributed by atoms with Gasteiger partial charge >= 0.3 is 6.09 Å². The van der Waals surface area contributed by atoms with Crippen molar-refractivity contribution in [1.82, 2.24) is 16.0 Å². The molecule has 0 saturated heterocycles. The van der Waals surface area contributed by atoms with Crippen LogP contribution in [-0.4, -0.2) is 46.9 Å². The predicted octanol–water partition coefficient (Wildman–Crippen LogP) is 1.80. The van der Waals surface area contributed by atoms with Gasteiger partial charge in [0.25, 0.3) is 0 Å². The lowest BCUT2D eigenvalue weighted by Crippen LogP contribution is -2.51. The molecule has 5 N–H and O–H groups in total. The van der Waals surface area contributed by atoms with Crippen molar-refractivity contribution in [2.45, 2.75) is 38.1 Å². The van der Waals surface area contributed by atoms with Gasteiger partial charge in [-0.2, -0.15) is 0 Å². The van der Waals surface area contributed by atoms with E-state index in [-0.39, 0.29) is 24.4 Å².